The first kappa shape index (κ1) is 72.9. The van der Waals surface area contributed by atoms with Crippen molar-refractivity contribution in [2.45, 2.75) is 411 Å². The van der Waals surface area contributed by atoms with Crippen molar-refractivity contribution in [1.29, 1.82) is 0 Å². The van der Waals surface area contributed by atoms with E-state index in [-0.39, 0.29) is 18.5 Å². The molecule has 2 atom stereocenters. The lowest BCUT2D eigenvalue weighted by molar-refractivity contribution is -0.143. The van der Waals surface area contributed by atoms with Crippen LogP contribution in [0.25, 0.3) is 0 Å². The van der Waals surface area contributed by atoms with Crippen LogP contribution in [-0.4, -0.2) is 47.4 Å². The van der Waals surface area contributed by atoms with Gasteiger partial charge >= 0.3 is 5.97 Å². The summed E-state index contributed by atoms with van der Waals surface area (Å²) in [7, 11) is 0. The van der Waals surface area contributed by atoms with E-state index in [9.17, 15) is 19.8 Å². The summed E-state index contributed by atoms with van der Waals surface area (Å²) < 4.78 is 5.50. The van der Waals surface area contributed by atoms with Crippen LogP contribution in [0.1, 0.15) is 399 Å². The Labute approximate surface area is 464 Å². The van der Waals surface area contributed by atoms with Crippen LogP contribution < -0.4 is 5.32 Å². The lowest BCUT2D eigenvalue weighted by Crippen LogP contribution is -2.45. The zero-order valence-electron chi connectivity index (χ0n) is 50.6. The number of ether oxygens (including phenoxy) is 1. The minimum Gasteiger partial charge on any atom is -0.466 e. The Morgan fingerprint density at radius 2 is 0.554 bits per heavy atom. The lowest BCUT2D eigenvalue weighted by atomic mass is 10.0. The van der Waals surface area contributed by atoms with Crippen molar-refractivity contribution in [1.82, 2.24) is 5.32 Å². The highest BCUT2D eigenvalue weighted by Gasteiger charge is 2.20. The quantitative estimate of drug-likeness (QED) is 0.0417. The van der Waals surface area contributed by atoms with Crippen LogP contribution >= 0.6 is 0 Å². The molecule has 0 aliphatic carbocycles. The molecule has 6 heteroatoms. The molecule has 1 amide bonds. The highest BCUT2D eigenvalue weighted by Crippen LogP contribution is 2.19. The van der Waals surface area contributed by atoms with E-state index >= 15 is 0 Å². The molecule has 0 aliphatic heterocycles. The molecule has 0 spiro atoms. The minimum absolute atomic E-state index is 0.0228. The molecular formula is C68H135NO5. The van der Waals surface area contributed by atoms with Gasteiger partial charge in [0.05, 0.1) is 25.4 Å². The fourth-order valence-electron chi connectivity index (χ4n) is 11.2. The van der Waals surface area contributed by atoms with E-state index in [1.165, 1.54) is 327 Å². The largest absolute Gasteiger partial charge is 0.466 e. The highest BCUT2D eigenvalue weighted by molar-refractivity contribution is 5.76. The van der Waals surface area contributed by atoms with E-state index in [1.807, 2.05) is 0 Å². The van der Waals surface area contributed by atoms with Crippen LogP contribution in [0, 0.1) is 0 Å². The van der Waals surface area contributed by atoms with Gasteiger partial charge in [-0.2, -0.15) is 0 Å². The Morgan fingerprint density at radius 1 is 0.324 bits per heavy atom. The lowest BCUT2D eigenvalue weighted by Gasteiger charge is -2.22. The normalized spacial score (nSPS) is 12.4. The second-order valence-electron chi connectivity index (χ2n) is 23.9. The van der Waals surface area contributed by atoms with Crippen LogP contribution in [0.2, 0.25) is 0 Å². The van der Waals surface area contributed by atoms with Crippen LogP contribution in [0.4, 0.5) is 0 Å². The number of amides is 1. The molecule has 6 nitrogen and oxygen atoms in total. The summed E-state index contributed by atoms with van der Waals surface area (Å²) in [6.07, 6.45) is 77.2. The van der Waals surface area contributed by atoms with E-state index in [0.29, 0.717) is 25.9 Å². The summed E-state index contributed by atoms with van der Waals surface area (Å²) in [5.74, 6) is -0.00577. The molecule has 0 radical (unpaired) electrons. The molecule has 0 bridgehead atoms. The molecule has 0 saturated heterocycles. The maximum absolute atomic E-state index is 12.5. The maximum Gasteiger partial charge on any atom is 0.305 e. The summed E-state index contributed by atoms with van der Waals surface area (Å²) in [5, 5.41) is 23.3. The smallest absolute Gasteiger partial charge is 0.305 e. The van der Waals surface area contributed by atoms with Gasteiger partial charge < -0.3 is 20.3 Å². The van der Waals surface area contributed by atoms with Gasteiger partial charge in [-0.3, -0.25) is 9.59 Å². The van der Waals surface area contributed by atoms with E-state index in [2.05, 4.69) is 19.2 Å². The van der Waals surface area contributed by atoms with E-state index in [0.717, 1.165) is 38.5 Å². The molecule has 2 unspecified atom stereocenters. The van der Waals surface area contributed by atoms with Crippen molar-refractivity contribution in [3.63, 3.8) is 0 Å². The van der Waals surface area contributed by atoms with Crippen molar-refractivity contribution < 1.29 is 24.5 Å². The van der Waals surface area contributed by atoms with Crippen molar-refractivity contribution >= 4 is 11.9 Å². The molecule has 442 valence electrons. The Balaban J connectivity index is 3.31. The molecule has 0 saturated carbocycles. The molecule has 74 heavy (non-hydrogen) atoms. The van der Waals surface area contributed by atoms with Crippen molar-refractivity contribution in [2.75, 3.05) is 13.2 Å². The fourth-order valence-corrected chi connectivity index (χ4v) is 11.2. The third-order valence-corrected chi connectivity index (χ3v) is 16.4. The summed E-state index contributed by atoms with van der Waals surface area (Å²) in [6.45, 7) is 5.00. The number of unbranched alkanes of at least 4 members (excludes halogenated alkanes) is 54. The average Bonchev–Trinajstić information content (AvgIpc) is 3.40. The van der Waals surface area contributed by atoms with Gasteiger partial charge in [-0.1, -0.05) is 361 Å². The summed E-state index contributed by atoms with van der Waals surface area (Å²) in [5.41, 5.74) is 0. The fraction of sp³-hybridized carbons (Fsp3) is 0.971. The van der Waals surface area contributed by atoms with Crippen molar-refractivity contribution in [3.8, 4) is 0 Å². The van der Waals surface area contributed by atoms with E-state index in [4.69, 9.17) is 4.74 Å². The van der Waals surface area contributed by atoms with Crippen LogP contribution in [-0.2, 0) is 14.3 Å². The second kappa shape index (κ2) is 64.4. The minimum atomic E-state index is -0.660. The first-order valence-corrected chi connectivity index (χ1v) is 34.3. The Morgan fingerprint density at radius 3 is 0.824 bits per heavy atom. The topological polar surface area (TPSA) is 95.9 Å². The Hall–Kier alpha value is -1.14. The van der Waals surface area contributed by atoms with Gasteiger partial charge in [-0.25, -0.2) is 0 Å². The number of carbonyl (C=O) groups excluding carboxylic acids is 2. The predicted octanol–water partition coefficient (Wildman–Crippen LogP) is 21.8. The summed E-state index contributed by atoms with van der Waals surface area (Å²) >= 11 is 0. The predicted molar refractivity (Wildman–Crippen MR) is 324 cm³/mol. The molecule has 0 aliphatic rings. The average molecular weight is 1050 g/mol. The Kier molecular flexibility index (Phi) is 63.4. The van der Waals surface area contributed by atoms with Gasteiger partial charge in [0.2, 0.25) is 5.91 Å². The number of esters is 1. The molecule has 0 rings (SSSR count). The third-order valence-electron chi connectivity index (χ3n) is 16.4. The first-order chi connectivity index (χ1) is 36.5. The summed E-state index contributed by atoms with van der Waals surface area (Å²) in [6, 6.07) is -0.537. The number of hydrogen-bond donors (Lipinski definition) is 3. The number of aliphatic hydroxyl groups is 2. The molecule has 0 aromatic rings. The number of carbonyl (C=O) groups is 2. The summed E-state index contributed by atoms with van der Waals surface area (Å²) in [4.78, 5) is 24.6. The van der Waals surface area contributed by atoms with Crippen LogP contribution in [0.5, 0.6) is 0 Å². The SMILES string of the molecule is CCCCCCCCCCCCCCCCCC(=O)OCCCCCCCCCCCCCCCCCCCCCCCCCCCCCCC(=O)NC(CO)C(O)CCCCCCCCCCCCCCCC. The first-order valence-electron chi connectivity index (χ1n) is 34.3. The van der Waals surface area contributed by atoms with Crippen molar-refractivity contribution in [2.24, 2.45) is 0 Å². The molecule has 3 N–H and O–H groups in total. The van der Waals surface area contributed by atoms with Gasteiger partial charge in [0.25, 0.3) is 0 Å². The number of nitrogens with one attached hydrogen (secondary N) is 1. The molecule has 0 fully saturated rings. The number of rotatable bonds is 65. The third kappa shape index (κ3) is 60.1. The highest BCUT2D eigenvalue weighted by atomic mass is 16.5. The molecule has 0 aromatic heterocycles. The number of hydrogen-bond acceptors (Lipinski definition) is 5. The van der Waals surface area contributed by atoms with Gasteiger partial charge in [-0.15, -0.1) is 0 Å². The maximum atomic E-state index is 12.5. The Bertz CT molecular complexity index is 1070. The van der Waals surface area contributed by atoms with Gasteiger partial charge in [0.1, 0.15) is 0 Å². The van der Waals surface area contributed by atoms with Gasteiger partial charge in [0, 0.05) is 12.8 Å². The molecule has 0 aromatic carbocycles. The zero-order chi connectivity index (χ0) is 53.6. The van der Waals surface area contributed by atoms with E-state index in [1.54, 1.807) is 0 Å². The van der Waals surface area contributed by atoms with Gasteiger partial charge in [-0.05, 0) is 25.7 Å². The number of aliphatic hydroxyl groups excluding tert-OH is 2. The standard InChI is InChI=1S/C68H135NO5/c1-3-5-7-9-11-13-15-17-33-38-42-46-50-54-58-62-68(73)74-63-59-55-51-47-43-39-35-32-30-28-26-24-22-20-19-21-23-25-27-29-31-34-37-41-45-49-53-57-61-67(72)69-65(64-70)66(71)60-56-52-48-44-40-36-18-16-14-12-10-8-6-4-2/h65-66,70-71H,3-64H2,1-2H3,(H,69,72). The second-order valence-corrected chi connectivity index (χ2v) is 23.9. The van der Waals surface area contributed by atoms with Crippen LogP contribution in [0.3, 0.4) is 0 Å². The molecular weight excluding hydrogens is 911 g/mol. The monoisotopic (exact) mass is 1050 g/mol. The van der Waals surface area contributed by atoms with E-state index < -0.39 is 12.1 Å². The zero-order valence-corrected chi connectivity index (χ0v) is 50.6. The van der Waals surface area contributed by atoms with Gasteiger partial charge in [0.15, 0.2) is 0 Å². The van der Waals surface area contributed by atoms with Crippen molar-refractivity contribution in [3.05, 3.63) is 0 Å². The molecule has 0 heterocycles. The van der Waals surface area contributed by atoms with Crippen LogP contribution in [0.15, 0.2) is 0 Å².